The molecule has 7 heteroatoms. The molecule has 0 spiro atoms. The van der Waals surface area contributed by atoms with Crippen molar-refractivity contribution in [3.05, 3.63) is 36.2 Å². The van der Waals surface area contributed by atoms with Crippen LogP contribution < -0.4 is 10.1 Å². The molecule has 2 aromatic rings. The molecule has 112 valence electrons. The Kier molecular flexibility index (Phi) is 5.62. The molecule has 6 nitrogen and oxygen atoms in total. The SMILES string of the molecule is COc1ccc(CCNC(=O)CSc2nncn2C)cc1. The highest BCUT2D eigenvalue weighted by molar-refractivity contribution is 7.99. The molecule has 1 amide bonds. The smallest absolute Gasteiger partial charge is 0.230 e. The minimum Gasteiger partial charge on any atom is -0.497 e. The molecule has 0 fully saturated rings. The molecule has 0 saturated carbocycles. The van der Waals surface area contributed by atoms with Gasteiger partial charge in [0.1, 0.15) is 12.1 Å². The van der Waals surface area contributed by atoms with Crippen LogP contribution in [0.2, 0.25) is 0 Å². The number of nitrogens with one attached hydrogen (secondary N) is 1. The number of benzene rings is 1. The van der Waals surface area contributed by atoms with Crippen molar-refractivity contribution in [2.45, 2.75) is 11.6 Å². The van der Waals surface area contributed by atoms with Gasteiger partial charge in [0.15, 0.2) is 5.16 Å². The lowest BCUT2D eigenvalue weighted by atomic mass is 10.1. The van der Waals surface area contributed by atoms with Crippen molar-refractivity contribution in [1.82, 2.24) is 20.1 Å². The van der Waals surface area contributed by atoms with Gasteiger partial charge in [-0.05, 0) is 24.1 Å². The zero-order chi connectivity index (χ0) is 15.1. The maximum absolute atomic E-state index is 11.7. The lowest BCUT2D eigenvalue weighted by Gasteiger charge is -2.06. The van der Waals surface area contributed by atoms with E-state index in [-0.39, 0.29) is 5.91 Å². The van der Waals surface area contributed by atoms with E-state index in [0.29, 0.717) is 12.3 Å². The third kappa shape index (κ3) is 4.78. The minimum atomic E-state index is -0.00323. The second-order valence-corrected chi connectivity index (χ2v) is 5.40. The number of ether oxygens (including phenoxy) is 1. The fourth-order valence-corrected chi connectivity index (χ4v) is 2.44. The van der Waals surface area contributed by atoms with E-state index in [1.807, 2.05) is 31.3 Å². The molecule has 0 saturated heterocycles. The Morgan fingerprint density at radius 1 is 1.38 bits per heavy atom. The molecule has 0 bridgehead atoms. The van der Waals surface area contributed by atoms with E-state index in [2.05, 4.69) is 15.5 Å². The van der Waals surface area contributed by atoms with Crippen molar-refractivity contribution >= 4 is 17.7 Å². The molecule has 21 heavy (non-hydrogen) atoms. The summed E-state index contributed by atoms with van der Waals surface area (Å²) in [7, 11) is 3.49. The van der Waals surface area contributed by atoms with Crippen LogP contribution in [0, 0.1) is 0 Å². The molecule has 0 radical (unpaired) electrons. The highest BCUT2D eigenvalue weighted by Gasteiger charge is 2.06. The molecular weight excluding hydrogens is 288 g/mol. The standard InChI is InChI=1S/C14H18N4O2S/c1-18-10-16-17-14(18)21-9-13(19)15-8-7-11-3-5-12(20-2)6-4-11/h3-6,10H,7-9H2,1-2H3,(H,15,19). The van der Waals surface area contributed by atoms with Crippen LogP contribution in [-0.2, 0) is 18.3 Å². The monoisotopic (exact) mass is 306 g/mol. The minimum absolute atomic E-state index is 0.00323. The van der Waals surface area contributed by atoms with Gasteiger partial charge in [0.25, 0.3) is 0 Å². The van der Waals surface area contributed by atoms with E-state index in [1.165, 1.54) is 11.8 Å². The summed E-state index contributed by atoms with van der Waals surface area (Å²) in [6.45, 7) is 0.616. The van der Waals surface area contributed by atoms with Crippen molar-refractivity contribution in [2.75, 3.05) is 19.4 Å². The molecule has 0 unspecified atom stereocenters. The number of nitrogens with zero attached hydrogens (tertiary/aromatic N) is 3. The lowest BCUT2D eigenvalue weighted by Crippen LogP contribution is -2.27. The first kappa shape index (κ1) is 15.4. The first-order valence-corrected chi connectivity index (χ1v) is 7.54. The molecule has 1 N–H and O–H groups in total. The van der Waals surface area contributed by atoms with Crippen molar-refractivity contribution in [2.24, 2.45) is 7.05 Å². The van der Waals surface area contributed by atoms with Gasteiger partial charge in [0.05, 0.1) is 12.9 Å². The number of aryl methyl sites for hydroxylation is 1. The van der Waals surface area contributed by atoms with Crippen LogP contribution in [0.25, 0.3) is 0 Å². The van der Waals surface area contributed by atoms with Crippen molar-refractivity contribution in [3.63, 3.8) is 0 Å². The number of carbonyl (C=O) groups excluding carboxylic acids is 1. The Morgan fingerprint density at radius 2 is 2.14 bits per heavy atom. The quantitative estimate of drug-likeness (QED) is 0.780. The highest BCUT2D eigenvalue weighted by atomic mass is 32.2. The van der Waals surface area contributed by atoms with Gasteiger partial charge >= 0.3 is 0 Å². The first-order chi connectivity index (χ1) is 10.2. The van der Waals surface area contributed by atoms with Crippen LogP contribution in [0.3, 0.4) is 0 Å². The third-order valence-electron chi connectivity index (χ3n) is 2.90. The number of methoxy groups -OCH3 is 1. The number of rotatable bonds is 7. The predicted octanol–water partition coefficient (Wildman–Crippen LogP) is 1.27. The number of amides is 1. The summed E-state index contributed by atoms with van der Waals surface area (Å²) in [4.78, 5) is 11.7. The van der Waals surface area contributed by atoms with Gasteiger partial charge in [0, 0.05) is 13.6 Å². The normalized spacial score (nSPS) is 10.4. The van der Waals surface area contributed by atoms with Crippen LogP contribution in [0.1, 0.15) is 5.56 Å². The van der Waals surface area contributed by atoms with Crippen LogP contribution in [0.4, 0.5) is 0 Å². The summed E-state index contributed by atoms with van der Waals surface area (Å²) in [6, 6.07) is 7.83. The Bertz CT molecular complexity index is 583. The van der Waals surface area contributed by atoms with Crippen LogP contribution in [0.5, 0.6) is 5.75 Å². The summed E-state index contributed by atoms with van der Waals surface area (Å²) in [5.74, 6) is 1.18. The lowest BCUT2D eigenvalue weighted by molar-refractivity contribution is -0.118. The molecule has 2 rings (SSSR count). The zero-order valence-electron chi connectivity index (χ0n) is 12.1. The van der Waals surface area contributed by atoms with Gasteiger partial charge in [-0.25, -0.2) is 0 Å². The molecule has 0 atom stereocenters. The number of carbonyl (C=O) groups is 1. The van der Waals surface area contributed by atoms with Crippen LogP contribution in [0.15, 0.2) is 35.7 Å². The number of hydrogen-bond acceptors (Lipinski definition) is 5. The van der Waals surface area contributed by atoms with Crippen molar-refractivity contribution in [3.8, 4) is 5.75 Å². The zero-order valence-corrected chi connectivity index (χ0v) is 12.9. The summed E-state index contributed by atoms with van der Waals surface area (Å²) < 4.78 is 6.89. The second-order valence-electron chi connectivity index (χ2n) is 4.46. The van der Waals surface area contributed by atoms with E-state index in [1.54, 1.807) is 18.0 Å². The first-order valence-electron chi connectivity index (χ1n) is 6.55. The number of hydrogen-bond donors (Lipinski definition) is 1. The fraction of sp³-hybridized carbons (Fsp3) is 0.357. The van der Waals surface area contributed by atoms with Crippen LogP contribution in [-0.4, -0.2) is 40.1 Å². The molecule has 1 heterocycles. The Labute approximate surface area is 127 Å². The number of thioether (sulfide) groups is 1. The Balaban J connectivity index is 1.68. The van der Waals surface area contributed by atoms with Gasteiger partial charge in [-0.1, -0.05) is 23.9 Å². The molecule has 1 aromatic carbocycles. The molecule has 0 aliphatic carbocycles. The van der Waals surface area contributed by atoms with E-state index in [9.17, 15) is 4.79 Å². The van der Waals surface area contributed by atoms with E-state index < -0.39 is 0 Å². The van der Waals surface area contributed by atoms with E-state index >= 15 is 0 Å². The second kappa shape index (κ2) is 7.68. The summed E-state index contributed by atoms with van der Waals surface area (Å²) >= 11 is 1.37. The third-order valence-corrected chi connectivity index (χ3v) is 3.93. The van der Waals surface area contributed by atoms with Gasteiger partial charge in [-0.2, -0.15) is 0 Å². The maximum Gasteiger partial charge on any atom is 0.230 e. The fourth-order valence-electron chi connectivity index (χ4n) is 1.72. The van der Waals surface area contributed by atoms with Gasteiger partial charge in [0.2, 0.25) is 5.91 Å². The average Bonchev–Trinajstić information content (AvgIpc) is 2.91. The topological polar surface area (TPSA) is 69.0 Å². The Morgan fingerprint density at radius 3 is 2.76 bits per heavy atom. The predicted molar refractivity (Wildman–Crippen MR) is 81.4 cm³/mol. The Hall–Kier alpha value is -2.02. The highest BCUT2D eigenvalue weighted by Crippen LogP contribution is 2.13. The molecule has 0 aliphatic rings. The molecule has 0 aliphatic heterocycles. The van der Waals surface area contributed by atoms with E-state index in [0.717, 1.165) is 22.9 Å². The summed E-state index contributed by atoms with van der Waals surface area (Å²) in [6.07, 6.45) is 2.41. The van der Waals surface area contributed by atoms with E-state index in [4.69, 9.17) is 4.74 Å². The number of aromatic nitrogens is 3. The average molecular weight is 306 g/mol. The molecule has 1 aromatic heterocycles. The van der Waals surface area contributed by atoms with Crippen molar-refractivity contribution in [1.29, 1.82) is 0 Å². The van der Waals surface area contributed by atoms with Crippen molar-refractivity contribution < 1.29 is 9.53 Å². The van der Waals surface area contributed by atoms with Gasteiger partial charge in [-0.3, -0.25) is 4.79 Å². The maximum atomic E-state index is 11.7. The molecular formula is C14H18N4O2S. The van der Waals surface area contributed by atoms with Gasteiger partial charge in [-0.15, -0.1) is 10.2 Å². The summed E-state index contributed by atoms with van der Waals surface area (Å²) in [5, 5.41) is 11.3. The van der Waals surface area contributed by atoms with Crippen LogP contribution >= 0.6 is 11.8 Å². The largest absolute Gasteiger partial charge is 0.497 e. The van der Waals surface area contributed by atoms with Gasteiger partial charge < -0.3 is 14.6 Å². The summed E-state index contributed by atoms with van der Waals surface area (Å²) in [5.41, 5.74) is 1.16.